The Morgan fingerprint density at radius 3 is 2.53 bits per heavy atom. The van der Waals surface area contributed by atoms with E-state index in [1.165, 1.54) is 19.3 Å². The standard InChI is InChI=1S/C28H26N4O2/c29-16-15-26(33)25-18-31-32-27(22-9-5-2-6-10-22)24(17-30-28(25)32)21-11-13-23(14-12-21)34-19-20-7-3-1-4-8-20/h1,3-4,7-8,11-14,17-18,22H,2,5-6,9-10,15,19H2. The number of ketones is 1. The molecule has 0 spiro atoms. The molecule has 6 nitrogen and oxygen atoms in total. The first-order valence-corrected chi connectivity index (χ1v) is 11.8. The summed E-state index contributed by atoms with van der Waals surface area (Å²) >= 11 is 0. The molecule has 2 heterocycles. The molecule has 170 valence electrons. The molecule has 0 amide bonds. The van der Waals surface area contributed by atoms with Crippen molar-refractivity contribution in [1.29, 1.82) is 5.26 Å². The molecule has 34 heavy (non-hydrogen) atoms. The number of rotatable bonds is 7. The van der Waals surface area contributed by atoms with Crippen molar-refractivity contribution in [2.45, 2.75) is 51.0 Å². The van der Waals surface area contributed by atoms with Crippen LogP contribution in [-0.2, 0) is 6.61 Å². The third-order valence-corrected chi connectivity index (χ3v) is 6.51. The van der Waals surface area contributed by atoms with Gasteiger partial charge in [-0.25, -0.2) is 9.50 Å². The molecule has 0 atom stereocenters. The van der Waals surface area contributed by atoms with Gasteiger partial charge < -0.3 is 4.74 Å². The molecular formula is C28H26N4O2. The molecule has 5 rings (SSSR count). The fourth-order valence-electron chi connectivity index (χ4n) is 4.78. The van der Waals surface area contributed by atoms with E-state index < -0.39 is 0 Å². The molecule has 0 saturated heterocycles. The quantitative estimate of drug-likeness (QED) is 0.317. The number of hydrogen-bond acceptors (Lipinski definition) is 5. The Morgan fingerprint density at radius 2 is 1.79 bits per heavy atom. The maximum Gasteiger partial charge on any atom is 0.182 e. The Morgan fingerprint density at radius 1 is 1.03 bits per heavy atom. The molecule has 6 heteroatoms. The molecule has 0 radical (unpaired) electrons. The predicted molar refractivity (Wildman–Crippen MR) is 130 cm³/mol. The number of aromatic nitrogens is 3. The number of fused-ring (bicyclic) bond motifs is 1. The number of nitriles is 1. The van der Waals surface area contributed by atoms with Gasteiger partial charge in [0.2, 0.25) is 0 Å². The second-order valence-corrected chi connectivity index (χ2v) is 8.74. The molecule has 2 aromatic heterocycles. The predicted octanol–water partition coefficient (Wildman–Crippen LogP) is 6.12. The van der Waals surface area contributed by atoms with Crippen LogP contribution in [-0.4, -0.2) is 20.4 Å². The van der Waals surface area contributed by atoms with E-state index in [0.717, 1.165) is 41.0 Å². The van der Waals surface area contributed by atoms with Gasteiger partial charge >= 0.3 is 0 Å². The Bertz CT molecular complexity index is 1330. The van der Waals surface area contributed by atoms with E-state index in [4.69, 9.17) is 10.00 Å². The minimum absolute atomic E-state index is 0.173. The summed E-state index contributed by atoms with van der Waals surface area (Å²) in [6.07, 6.45) is 9.02. The lowest BCUT2D eigenvalue weighted by molar-refractivity contribution is 0.0999. The van der Waals surface area contributed by atoms with E-state index in [-0.39, 0.29) is 12.2 Å². The second kappa shape index (κ2) is 9.88. The van der Waals surface area contributed by atoms with Crippen molar-refractivity contribution in [2.75, 3.05) is 0 Å². The molecule has 1 saturated carbocycles. The summed E-state index contributed by atoms with van der Waals surface area (Å²) in [5.74, 6) is 0.915. The van der Waals surface area contributed by atoms with Gasteiger partial charge in [0, 0.05) is 17.7 Å². The molecule has 0 aliphatic heterocycles. The third kappa shape index (κ3) is 4.42. The maximum absolute atomic E-state index is 12.4. The lowest BCUT2D eigenvalue weighted by Crippen LogP contribution is -2.13. The zero-order valence-corrected chi connectivity index (χ0v) is 19.0. The van der Waals surface area contributed by atoms with E-state index >= 15 is 0 Å². The average molecular weight is 451 g/mol. The Balaban J connectivity index is 1.49. The SMILES string of the molecule is N#CCC(=O)c1cnn2c(C3CCCCC3)c(-c3ccc(OCc4ccccc4)cc3)cnc12. The smallest absolute Gasteiger partial charge is 0.182 e. The van der Waals surface area contributed by atoms with Crippen LogP contribution < -0.4 is 4.74 Å². The van der Waals surface area contributed by atoms with Crippen LogP contribution in [0.15, 0.2) is 67.0 Å². The van der Waals surface area contributed by atoms with Gasteiger partial charge in [0.15, 0.2) is 11.4 Å². The van der Waals surface area contributed by atoms with Gasteiger partial charge in [0.25, 0.3) is 0 Å². The fourth-order valence-corrected chi connectivity index (χ4v) is 4.78. The molecule has 1 aliphatic carbocycles. The van der Waals surface area contributed by atoms with Gasteiger partial charge in [-0.05, 0) is 36.1 Å². The van der Waals surface area contributed by atoms with Crippen LogP contribution in [0.3, 0.4) is 0 Å². The fraction of sp³-hybridized carbons (Fsp3) is 0.286. The number of benzene rings is 2. The Labute approximate surface area is 198 Å². The van der Waals surface area contributed by atoms with Crippen LogP contribution in [0.25, 0.3) is 16.8 Å². The highest BCUT2D eigenvalue weighted by Crippen LogP contribution is 2.38. The molecule has 0 bridgehead atoms. The van der Waals surface area contributed by atoms with Crippen molar-refractivity contribution in [3.05, 3.63) is 83.8 Å². The molecule has 0 N–H and O–H groups in total. The number of Topliss-reactive ketones (excluding diaryl/α,β-unsaturated/α-hetero) is 1. The number of hydrogen-bond donors (Lipinski definition) is 0. The highest BCUT2D eigenvalue weighted by atomic mass is 16.5. The van der Waals surface area contributed by atoms with Crippen molar-refractivity contribution in [1.82, 2.24) is 14.6 Å². The highest BCUT2D eigenvalue weighted by molar-refractivity contribution is 6.02. The summed E-state index contributed by atoms with van der Waals surface area (Å²) in [7, 11) is 0. The summed E-state index contributed by atoms with van der Waals surface area (Å²) in [6, 6.07) is 20.1. The molecule has 1 fully saturated rings. The van der Waals surface area contributed by atoms with Crippen LogP contribution in [0.2, 0.25) is 0 Å². The molecule has 2 aromatic carbocycles. The topological polar surface area (TPSA) is 80.3 Å². The largest absolute Gasteiger partial charge is 0.489 e. The zero-order chi connectivity index (χ0) is 23.3. The second-order valence-electron chi connectivity index (χ2n) is 8.74. The van der Waals surface area contributed by atoms with Gasteiger partial charge in [0.05, 0.1) is 29.9 Å². The van der Waals surface area contributed by atoms with Gasteiger partial charge in [-0.15, -0.1) is 0 Å². The van der Waals surface area contributed by atoms with Gasteiger partial charge in [0.1, 0.15) is 12.4 Å². The van der Waals surface area contributed by atoms with E-state index in [1.807, 2.05) is 59.2 Å². The van der Waals surface area contributed by atoms with E-state index in [9.17, 15) is 4.79 Å². The van der Waals surface area contributed by atoms with E-state index in [2.05, 4.69) is 22.2 Å². The minimum atomic E-state index is -0.243. The summed E-state index contributed by atoms with van der Waals surface area (Å²) in [5, 5.41) is 13.5. The summed E-state index contributed by atoms with van der Waals surface area (Å²) in [4.78, 5) is 17.0. The number of nitrogens with zero attached hydrogens (tertiary/aromatic N) is 4. The normalized spacial score (nSPS) is 14.1. The van der Waals surface area contributed by atoms with Crippen LogP contribution in [0.4, 0.5) is 0 Å². The van der Waals surface area contributed by atoms with Gasteiger partial charge in [-0.1, -0.05) is 61.7 Å². The van der Waals surface area contributed by atoms with Gasteiger partial charge in [-0.3, -0.25) is 4.79 Å². The first kappa shape index (κ1) is 21.8. The van der Waals surface area contributed by atoms with Crippen LogP contribution in [0.5, 0.6) is 5.75 Å². The number of ether oxygens (including phenoxy) is 1. The van der Waals surface area contributed by atoms with Crippen molar-refractivity contribution < 1.29 is 9.53 Å². The van der Waals surface area contributed by atoms with Crippen LogP contribution >= 0.6 is 0 Å². The van der Waals surface area contributed by atoms with Gasteiger partial charge in [-0.2, -0.15) is 10.4 Å². The summed E-state index contributed by atoms with van der Waals surface area (Å²) in [6.45, 7) is 0.522. The highest BCUT2D eigenvalue weighted by Gasteiger charge is 2.25. The molecule has 4 aromatic rings. The summed E-state index contributed by atoms with van der Waals surface area (Å²) in [5.41, 5.74) is 5.24. The lowest BCUT2D eigenvalue weighted by atomic mass is 9.84. The first-order valence-electron chi connectivity index (χ1n) is 11.8. The van der Waals surface area contributed by atoms with Crippen LogP contribution in [0, 0.1) is 11.3 Å². The van der Waals surface area contributed by atoms with Crippen LogP contribution in [0.1, 0.15) is 66.1 Å². The van der Waals surface area contributed by atoms with Crippen molar-refractivity contribution >= 4 is 11.4 Å². The monoisotopic (exact) mass is 450 g/mol. The van der Waals surface area contributed by atoms with Crippen molar-refractivity contribution in [3.8, 4) is 22.9 Å². The average Bonchev–Trinajstić information content (AvgIpc) is 3.33. The van der Waals surface area contributed by atoms with Crippen molar-refractivity contribution in [2.24, 2.45) is 0 Å². The van der Waals surface area contributed by atoms with E-state index in [1.54, 1.807) is 6.20 Å². The molecule has 0 unspecified atom stereocenters. The minimum Gasteiger partial charge on any atom is -0.489 e. The van der Waals surface area contributed by atoms with Crippen molar-refractivity contribution in [3.63, 3.8) is 0 Å². The Kier molecular flexibility index (Phi) is 6.35. The number of carbonyl (C=O) groups is 1. The lowest BCUT2D eigenvalue weighted by Gasteiger charge is -2.25. The maximum atomic E-state index is 12.4. The summed E-state index contributed by atoms with van der Waals surface area (Å²) < 4.78 is 7.78. The first-order chi connectivity index (χ1) is 16.7. The number of carbonyl (C=O) groups excluding carboxylic acids is 1. The Hall–Kier alpha value is -3.98. The van der Waals surface area contributed by atoms with E-state index in [0.29, 0.717) is 23.7 Å². The zero-order valence-electron chi connectivity index (χ0n) is 19.0. The molecule has 1 aliphatic rings. The third-order valence-electron chi connectivity index (χ3n) is 6.51. The molecular weight excluding hydrogens is 424 g/mol.